The first-order valence-electron chi connectivity index (χ1n) is 8.09. The van der Waals surface area contributed by atoms with Gasteiger partial charge in [0.05, 0.1) is 6.20 Å². The Balaban J connectivity index is 1.58. The molecule has 122 valence electrons. The number of nitrogens with one attached hydrogen (secondary N) is 1. The van der Waals surface area contributed by atoms with E-state index in [0.29, 0.717) is 17.8 Å². The highest BCUT2D eigenvalue weighted by Gasteiger charge is 2.19. The summed E-state index contributed by atoms with van der Waals surface area (Å²) >= 11 is 3.44. The summed E-state index contributed by atoms with van der Waals surface area (Å²) in [5.41, 5.74) is 4.65. The van der Waals surface area contributed by atoms with E-state index in [1.54, 1.807) is 6.20 Å². The van der Waals surface area contributed by atoms with E-state index in [2.05, 4.69) is 31.3 Å². The molecule has 0 unspecified atom stereocenters. The Morgan fingerprint density at radius 1 is 1.25 bits per heavy atom. The molecule has 1 aromatic carbocycles. The van der Waals surface area contributed by atoms with Gasteiger partial charge in [0, 0.05) is 22.9 Å². The molecule has 0 bridgehead atoms. The number of halogens is 1. The normalized spacial score (nSPS) is 13.7. The van der Waals surface area contributed by atoms with Crippen LogP contribution in [0.15, 0.2) is 41.1 Å². The molecule has 1 aliphatic rings. The van der Waals surface area contributed by atoms with Crippen LogP contribution in [0.5, 0.6) is 0 Å². The number of carbonyl (C=O) groups excluding carboxylic acids is 1. The summed E-state index contributed by atoms with van der Waals surface area (Å²) in [6.45, 7) is 0.473. The van der Waals surface area contributed by atoms with Crippen LogP contribution in [0.2, 0.25) is 0 Å². The molecule has 2 aromatic heterocycles. The number of aryl methyl sites for hydroxylation is 2. The van der Waals surface area contributed by atoms with Crippen LogP contribution in [0.1, 0.15) is 40.0 Å². The molecular formula is C18H17BrN4O. The van der Waals surface area contributed by atoms with E-state index < -0.39 is 0 Å². The lowest BCUT2D eigenvalue weighted by atomic mass is 9.97. The summed E-state index contributed by atoms with van der Waals surface area (Å²) in [5.74, 6) is -0.145. The largest absolute Gasteiger partial charge is 0.348 e. The highest BCUT2D eigenvalue weighted by molar-refractivity contribution is 9.10. The fourth-order valence-corrected chi connectivity index (χ4v) is 3.63. The monoisotopic (exact) mass is 384 g/mol. The highest BCUT2D eigenvalue weighted by Crippen LogP contribution is 2.22. The van der Waals surface area contributed by atoms with E-state index in [-0.39, 0.29) is 5.91 Å². The molecule has 4 rings (SSSR count). The zero-order valence-electron chi connectivity index (χ0n) is 13.1. The molecule has 0 spiro atoms. The van der Waals surface area contributed by atoms with Gasteiger partial charge in [0.1, 0.15) is 5.56 Å². The van der Waals surface area contributed by atoms with Gasteiger partial charge in [-0.05, 0) is 48.9 Å². The summed E-state index contributed by atoms with van der Waals surface area (Å²) in [5, 5.41) is 7.36. The number of hydrogen-bond acceptors (Lipinski definition) is 3. The van der Waals surface area contributed by atoms with Gasteiger partial charge >= 0.3 is 0 Å². The number of nitrogens with zero attached hydrogens (tertiary/aromatic N) is 3. The molecule has 0 saturated carbocycles. The van der Waals surface area contributed by atoms with E-state index in [1.807, 2.05) is 35.0 Å². The summed E-state index contributed by atoms with van der Waals surface area (Å²) in [6, 6.07) is 7.89. The van der Waals surface area contributed by atoms with Crippen LogP contribution in [0, 0.1) is 0 Å². The maximum absolute atomic E-state index is 12.5. The zero-order chi connectivity index (χ0) is 16.5. The second-order valence-corrected chi connectivity index (χ2v) is 6.96. The van der Waals surface area contributed by atoms with Crippen molar-refractivity contribution in [2.45, 2.75) is 32.2 Å². The van der Waals surface area contributed by atoms with Gasteiger partial charge in [-0.1, -0.05) is 28.1 Å². The lowest BCUT2D eigenvalue weighted by Crippen LogP contribution is -2.23. The van der Waals surface area contributed by atoms with Crippen molar-refractivity contribution in [1.29, 1.82) is 0 Å². The van der Waals surface area contributed by atoms with E-state index in [9.17, 15) is 4.79 Å². The molecule has 24 heavy (non-hydrogen) atoms. The SMILES string of the molecule is O=C(NCc1cccc(Br)c1)c1cnn2c3c(cnc12)CCCC3. The molecule has 1 amide bonds. The predicted octanol–water partition coefficient (Wildman–Crippen LogP) is 3.30. The number of rotatable bonds is 3. The third-order valence-electron chi connectivity index (χ3n) is 4.41. The third kappa shape index (κ3) is 2.82. The fourth-order valence-electron chi connectivity index (χ4n) is 3.18. The first-order valence-corrected chi connectivity index (χ1v) is 8.89. The van der Waals surface area contributed by atoms with Crippen molar-refractivity contribution in [3.8, 4) is 0 Å². The molecule has 1 N–H and O–H groups in total. The standard InChI is InChI=1S/C18H17BrN4O/c19-14-6-3-4-12(8-14)9-21-18(24)15-11-22-23-16-7-2-1-5-13(16)10-20-17(15)23/h3-4,6,8,10-11H,1-2,5,7,9H2,(H,21,24). The number of carbonyl (C=O) groups is 1. The predicted molar refractivity (Wildman–Crippen MR) is 94.9 cm³/mol. The Morgan fingerprint density at radius 3 is 3.00 bits per heavy atom. The number of hydrogen-bond donors (Lipinski definition) is 1. The average molecular weight is 385 g/mol. The van der Waals surface area contributed by atoms with Crippen molar-refractivity contribution in [2.24, 2.45) is 0 Å². The second kappa shape index (κ2) is 6.36. The minimum absolute atomic E-state index is 0.145. The van der Waals surface area contributed by atoms with Gasteiger partial charge in [-0.25, -0.2) is 9.50 Å². The molecule has 0 radical (unpaired) electrons. The van der Waals surface area contributed by atoms with Gasteiger partial charge in [-0.15, -0.1) is 0 Å². The number of fused-ring (bicyclic) bond motifs is 3. The molecule has 0 saturated heterocycles. The van der Waals surface area contributed by atoms with E-state index in [4.69, 9.17) is 0 Å². The maximum Gasteiger partial charge on any atom is 0.257 e. The third-order valence-corrected chi connectivity index (χ3v) is 4.90. The Labute approximate surface area is 148 Å². The number of amides is 1. The van der Waals surface area contributed by atoms with Crippen LogP contribution < -0.4 is 5.32 Å². The van der Waals surface area contributed by atoms with Crippen molar-refractivity contribution in [1.82, 2.24) is 19.9 Å². The highest BCUT2D eigenvalue weighted by atomic mass is 79.9. The Morgan fingerprint density at radius 2 is 2.12 bits per heavy atom. The van der Waals surface area contributed by atoms with Crippen LogP contribution in [0.4, 0.5) is 0 Å². The molecule has 5 nitrogen and oxygen atoms in total. The lowest BCUT2D eigenvalue weighted by molar-refractivity contribution is 0.0952. The Bertz CT molecular complexity index is 919. The van der Waals surface area contributed by atoms with E-state index in [1.165, 1.54) is 17.7 Å². The second-order valence-electron chi connectivity index (χ2n) is 6.04. The van der Waals surface area contributed by atoms with Gasteiger partial charge in [0.15, 0.2) is 5.65 Å². The van der Waals surface area contributed by atoms with Crippen molar-refractivity contribution in [2.75, 3.05) is 0 Å². The van der Waals surface area contributed by atoms with Gasteiger partial charge in [-0.2, -0.15) is 5.10 Å². The summed E-state index contributed by atoms with van der Waals surface area (Å²) < 4.78 is 2.83. The smallest absolute Gasteiger partial charge is 0.257 e. The summed E-state index contributed by atoms with van der Waals surface area (Å²) in [7, 11) is 0. The van der Waals surface area contributed by atoms with Crippen LogP contribution in [-0.2, 0) is 19.4 Å². The number of benzene rings is 1. The molecule has 2 heterocycles. The van der Waals surface area contributed by atoms with E-state index in [0.717, 1.165) is 29.3 Å². The van der Waals surface area contributed by atoms with Crippen LogP contribution in [-0.4, -0.2) is 20.5 Å². The fraction of sp³-hybridized carbons (Fsp3) is 0.278. The van der Waals surface area contributed by atoms with Crippen molar-refractivity contribution < 1.29 is 4.79 Å². The molecular weight excluding hydrogens is 368 g/mol. The molecule has 0 atom stereocenters. The first-order chi connectivity index (χ1) is 11.7. The van der Waals surface area contributed by atoms with Crippen molar-refractivity contribution in [3.63, 3.8) is 0 Å². The maximum atomic E-state index is 12.5. The number of aromatic nitrogens is 3. The molecule has 6 heteroatoms. The van der Waals surface area contributed by atoms with Crippen LogP contribution in [0.3, 0.4) is 0 Å². The Hall–Kier alpha value is -2.21. The summed E-state index contributed by atoms with van der Waals surface area (Å²) in [6.07, 6.45) is 7.92. The zero-order valence-corrected chi connectivity index (χ0v) is 14.7. The van der Waals surface area contributed by atoms with E-state index >= 15 is 0 Å². The molecule has 3 aromatic rings. The minimum Gasteiger partial charge on any atom is -0.348 e. The first kappa shape index (κ1) is 15.3. The molecule has 1 aliphatic carbocycles. The van der Waals surface area contributed by atoms with Crippen molar-refractivity contribution >= 4 is 27.5 Å². The quantitative estimate of drug-likeness (QED) is 0.753. The van der Waals surface area contributed by atoms with Gasteiger partial charge in [0.25, 0.3) is 5.91 Å². The van der Waals surface area contributed by atoms with Gasteiger partial charge < -0.3 is 5.32 Å². The van der Waals surface area contributed by atoms with Gasteiger partial charge in [-0.3, -0.25) is 4.79 Å². The minimum atomic E-state index is -0.145. The molecule has 0 fully saturated rings. The molecule has 0 aliphatic heterocycles. The summed E-state index contributed by atoms with van der Waals surface area (Å²) in [4.78, 5) is 17.0. The lowest BCUT2D eigenvalue weighted by Gasteiger charge is -2.15. The van der Waals surface area contributed by atoms with Crippen molar-refractivity contribution in [3.05, 3.63) is 63.5 Å². The van der Waals surface area contributed by atoms with Crippen LogP contribution in [0.25, 0.3) is 5.65 Å². The topological polar surface area (TPSA) is 59.3 Å². The Kier molecular flexibility index (Phi) is 4.06. The van der Waals surface area contributed by atoms with Gasteiger partial charge in [0.2, 0.25) is 0 Å². The average Bonchev–Trinajstić information content (AvgIpc) is 3.04. The van der Waals surface area contributed by atoms with Crippen LogP contribution >= 0.6 is 15.9 Å².